The molecule has 0 bridgehead atoms. The Kier molecular flexibility index (Phi) is 2.63. The number of alkyl halides is 3. The van der Waals surface area contributed by atoms with Gasteiger partial charge in [0.1, 0.15) is 18.8 Å². The highest BCUT2D eigenvalue weighted by molar-refractivity contribution is 4.85. The monoisotopic (exact) mass is 193 g/mol. The van der Waals surface area contributed by atoms with E-state index in [-0.39, 0.29) is 5.82 Å². The van der Waals surface area contributed by atoms with Gasteiger partial charge < -0.3 is 0 Å². The zero-order valence-corrected chi connectivity index (χ0v) is 7.60. The predicted molar refractivity (Wildman–Crippen MR) is 41.0 cm³/mol. The lowest BCUT2D eigenvalue weighted by Crippen LogP contribution is -2.35. The molecule has 0 atom stereocenters. The van der Waals surface area contributed by atoms with Gasteiger partial charge in [0.05, 0.1) is 13.6 Å². The predicted octanol–water partition coefficient (Wildman–Crippen LogP) is 1.44. The third-order valence-corrected chi connectivity index (χ3v) is 1.91. The topological polar surface area (TPSA) is 8.81 Å². The van der Waals surface area contributed by atoms with Gasteiger partial charge in [0, 0.05) is 0 Å². The summed E-state index contributed by atoms with van der Waals surface area (Å²) in [7, 11) is 1.62. The Bertz CT molecular complexity index is 288. The van der Waals surface area contributed by atoms with Crippen LogP contribution in [-0.4, -0.2) is 10.7 Å². The quantitative estimate of drug-likeness (QED) is 0.628. The van der Waals surface area contributed by atoms with Crippen LogP contribution >= 0.6 is 0 Å². The molecule has 0 fully saturated rings. The van der Waals surface area contributed by atoms with E-state index in [2.05, 4.69) is 0 Å². The second-order valence-corrected chi connectivity index (χ2v) is 2.90. The maximum absolute atomic E-state index is 12.1. The lowest BCUT2D eigenvalue weighted by Gasteiger charge is -2.04. The maximum atomic E-state index is 12.1. The van der Waals surface area contributed by atoms with Crippen LogP contribution in [0.5, 0.6) is 0 Å². The van der Waals surface area contributed by atoms with Crippen LogP contribution in [0.15, 0.2) is 12.4 Å². The summed E-state index contributed by atoms with van der Waals surface area (Å²) in [5, 5.41) is 0. The van der Waals surface area contributed by atoms with Crippen molar-refractivity contribution in [2.75, 3.05) is 0 Å². The van der Waals surface area contributed by atoms with Gasteiger partial charge in [-0.1, -0.05) is 0 Å². The smallest absolute Gasteiger partial charge is 0.237 e. The van der Waals surface area contributed by atoms with Crippen LogP contribution in [0.25, 0.3) is 0 Å². The summed E-state index contributed by atoms with van der Waals surface area (Å²) >= 11 is 0. The molecular weight excluding hydrogens is 181 g/mol. The minimum atomic E-state index is -4.14. The Morgan fingerprint density at radius 2 is 2.08 bits per heavy atom. The number of imidazole rings is 1. The van der Waals surface area contributed by atoms with Crippen LogP contribution in [0.4, 0.5) is 13.2 Å². The lowest BCUT2D eigenvalue weighted by molar-refractivity contribution is -0.680. The standard InChI is InChI=1S/C8H12F3N2/c1-3-13-5-4-12(2)7(13)6-8(9,10)11/h4-5H,3,6H2,1-2H3/q+1. The Morgan fingerprint density at radius 1 is 1.46 bits per heavy atom. The van der Waals surface area contributed by atoms with Crippen LogP contribution in [0.1, 0.15) is 12.7 Å². The maximum Gasteiger partial charge on any atom is 0.400 e. The minimum absolute atomic E-state index is 0.287. The molecule has 1 heterocycles. The van der Waals surface area contributed by atoms with Crippen molar-refractivity contribution in [3.05, 3.63) is 18.2 Å². The van der Waals surface area contributed by atoms with Gasteiger partial charge >= 0.3 is 6.18 Å². The summed E-state index contributed by atoms with van der Waals surface area (Å²) in [6.45, 7) is 2.38. The molecule has 13 heavy (non-hydrogen) atoms. The summed E-state index contributed by atoms with van der Waals surface area (Å²) in [6.07, 6.45) is -1.72. The molecule has 2 nitrogen and oxygen atoms in total. The third kappa shape index (κ3) is 2.47. The normalized spacial score (nSPS) is 12.1. The Labute approximate surface area is 74.6 Å². The number of halogens is 3. The number of aromatic nitrogens is 2. The first-order valence-corrected chi connectivity index (χ1v) is 4.04. The average Bonchev–Trinajstić information content (AvgIpc) is 2.30. The molecule has 1 rings (SSSR count). The van der Waals surface area contributed by atoms with Gasteiger partial charge in [0.15, 0.2) is 0 Å². The molecule has 0 N–H and O–H groups in total. The molecule has 0 aromatic carbocycles. The van der Waals surface area contributed by atoms with Gasteiger partial charge in [-0.25, -0.2) is 9.13 Å². The van der Waals surface area contributed by atoms with Crippen LogP contribution in [0.2, 0.25) is 0 Å². The second kappa shape index (κ2) is 3.40. The highest BCUT2D eigenvalue weighted by atomic mass is 19.4. The molecule has 0 spiro atoms. The second-order valence-electron chi connectivity index (χ2n) is 2.90. The van der Waals surface area contributed by atoms with Crippen LogP contribution < -0.4 is 4.57 Å². The zero-order chi connectivity index (χ0) is 10.1. The average molecular weight is 193 g/mol. The van der Waals surface area contributed by atoms with E-state index in [1.165, 1.54) is 4.57 Å². The van der Waals surface area contributed by atoms with E-state index in [0.717, 1.165) is 0 Å². The molecule has 0 amide bonds. The van der Waals surface area contributed by atoms with Crippen LogP contribution in [-0.2, 0) is 20.0 Å². The van der Waals surface area contributed by atoms with Gasteiger partial charge in [0.25, 0.3) is 5.82 Å². The fraction of sp³-hybridized carbons (Fsp3) is 0.625. The van der Waals surface area contributed by atoms with E-state index in [4.69, 9.17) is 0 Å². The van der Waals surface area contributed by atoms with Crippen LogP contribution in [0.3, 0.4) is 0 Å². The first-order chi connectivity index (χ1) is 5.94. The van der Waals surface area contributed by atoms with Crippen molar-refractivity contribution in [1.29, 1.82) is 0 Å². The molecule has 1 aromatic rings. The van der Waals surface area contributed by atoms with Crippen molar-refractivity contribution in [2.24, 2.45) is 7.05 Å². The van der Waals surface area contributed by atoms with E-state index >= 15 is 0 Å². The van der Waals surface area contributed by atoms with Gasteiger partial charge in [-0.2, -0.15) is 13.2 Å². The fourth-order valence-corrected chi connectivity index (χ4v) is 1.25. The van der Waals surface area contributed by atoms with Gasteiger partial charge in [-0.15, -0.1) is 0 Å². The van der Waals surface area contributed by atoms with E-state index in [9.17, 15) is 13.2 Å². The van der Waals surface area contributed by atoms with E-state index < -0.39 is 12.6 Å². The molecule has 0 unspecified atom stereocenters. The van der Waals surface area contributed by atoms with Crippen molar-refractivity contribution < 1.29 is 17.7 Å². The summed E-state index contributed by atoms with van der Waals surface area (Å²) < 4.78 is 39.4. The minimum Gasteiger partial charge on any atom is -0.237 e. The third-order valence-electron chi connectivity index (χ3n) is 1.91. The first-order valence-electron chi connectivity index (χ1n) is 4.04. The number of aryl methyl sites for hydroxylation is 2. The molecule has 74 valence electrons. The van der Waals surface area contributed by atoms with Crippen molar-refractivity contribution in [1.82, 2.24) is 4.57 Å². The van der Waals surface area contributed by atoms with Crippen LogP contribution in [0, 0.1) is 0 Å². The Hall–Kier alpha value is -1.00. The molecule has 0 aliphatic heterocycles. The highest BCUT2D eigenvalue weighted by Crippen LogP contribution is 2.19. The molecule has 0 aliphatic carbocycles. The first kappa shape index (κ1) is 10.1. The summed E-state index contributed by atoms with van der Waals surface area (Å²) in [6, 6.07) is 0. The van der Waals surface area contributed by atoms with Crippen molar-refractivity contribution >= 4 is 0 Å². The van der Waals surface area contributed by atoms with Crippen molar-refractivity contribution in [3.8, 4) is 0 Å². The number of hydrogen-bond donors (Lipinski definition) is 0. The summed E-state index contributed by atoms with van der Waals surface area (Å²) in [5.74, 6) is 0.287. The SMILES string of the molecule is CCn1cc[n+](C)c1CC(F)(F)F. The molecule has 0 aliphatic rings. The van der Waals surface area contributed by atoms with Gasteiger partial charge in [0.2, 0.25) is 0 Å². The molecule has 1 aromatic heterocycles. The van der Waals surface area contributed by atoms with Crippen molar-refractivity contribution in [3.63, 3.8) is 0 Å². The molecule has 0 radical (unpaired) electrons. The van der Waals surface area contributed by atoms with E-state index in [1.54, 1.807) is 24.0 Å². The fourth-order valence-electron chi connectivity index (χ4n) is 1.25. The Morgan fingerprint density at radius 3 is 2.54 bits per heavy atom. The lowest BCUT2D eigenvalue weighted by atomic mass is 10.4. The number of nitrogens with zero attached hydrogens (tertiary/aromatic N) is 2. The molecular formula is C8H12F3N2+. The zero-order valence-electron chi connectivity index (χ0n) is 7.60. The van der Waals surface area contributed by atoms with E-state index in [0.29, 0.717) is 6.54 Å². The summed E-state index contributed by atoms with van der Waals surface area (Å²) in [4.78, 5) is 0. The summed E-state index contributed by atoms with van der Waals surface area (Å²) in [5.41, 5.74) is 0. The molecule has 0 saturated heterocycles. The largest absolute Gasteiger partial charge is 0.400 e. The van der Waals surface area contributed by atoms with E-state index in [1.807, 2.05) is 6.92 Å². The molecule has 5 heteroatoms. The number of rotatable bonds is 2. The molecule has 0 saturated carbocycles. The Balaban J connectivity index is 2.92. The van der Waals surface area contributed by atoms with Gasteiger partial charge in [-0.05, 0) is 6.92 Å². The highest BCUT2D eigenvalue weighted by Gasteiger charge is 2.34. The van der Waals surface area contributed by atoms with Crippen molar-refractivity contribution in [2.45, 2.75) is 26.1 Å². The number of hydrogen-bond acceptors (Lipinski definition) is 0. The van der Waals surface area contributed by atoms with Gasteiger partial charge in [-0.3, -0.25) is 0 Å².